The van der Waals surface area contributed by atoms with Crippen molar-refractivity contribution in [2.75, 3.05) is 5.73 Å². The van der Waals surface area contributed by atoms with Crippen LogP contribution in [0.2, 0.25) is 0 Å². The molecule has 0 aliphatic carbocycles. The fourth-order valence-electron chi connectivity index (χ4n) is 1.98. The Morgan fingerprint density at radius 2 is 1.95 bits per heavy atom. The third-order valence-corrected chi connectivity index (χ3v) is 3.04. The molecule has 0 aliphatic heterocycles. The van der Waals surface area contributed by atoms with Crippen LogP contribution in [-0.2, 0) is 0 Å². The number of rotatable bonds is 3. The van der Waals surface area contributed by atoms with Crippen LogP contribution in [0.5, 0.6) is 11.5 Å². The van der Waals surface area contributed by atoms with Crippen molar-refractivity contribution in [2.45, 2.75) is 6.92 Å². The maximum atomic E-state index is 13.4. The molecule has 0 saturated carbocycles. The number of nitrogens with zero attached hydrogens (tertiary/aromatic N) is 1. The molecule has 0 amide bonds. The van der Waals surface area contributed by atoms with Crippen LogP contribution in [0.25, 0.3) is 11.4 Å². The van der Waals surface area contributed by atoms with Crippen LogP contribution in [0.4, 0.5) is 10.1 Å². The van der Waals surface area contributed by atoms with Gasteiger partial charge in [-0.15, -0.1) is 0 Å². The van der Waals surface area contributed by atoms with Crippen molar-refractivity contribution in [2.24, 2.45) is 0 Å². The monoisotopic (exact) mass is 283 g/mol. The van der Waals surface area contributed by atoms with Gasteiger partial charge in [-0.05, 0) is 36.8 Å². The van der Waals surface area contributed by atoms with E-state index in [1.165, 1.54) is 12.1 Å². The number of hydrogen-bond donors (Lipinski definition) is 2. The zero-order valence-corrected chi connectivity index (χ0v) is 11.4. The third kappa shape index (κ3) is 2.86. The Labute approximate surface area is 121 Å². The van der Waals surface area contributed by atoms with E-state index in [1.807, 2.05) is 19.2 Å². The second-order valence-corrected chi connectivity index (χ2v) is 4.75. The highest BCUT2D eigenvalue weighted by Gasteiger charge is 2.06. The lowest BCUT2D eigenvalue weighted by Gasteiger charge is -2.07. The molecule has 3 N–H and O–H groups in total. The van der Waals surface area contributed by atoms with Gasteiger partial charge in [-0.1, -0.05) is 0 Å². The normalized spacial score (nSPS) is 10.6. The number of anilines is 1. The molecular weight excluding hydrogens is 269 g/mol. The van der Waals surface area contributed by atoms with E-state index in [0.717, 1.165) is 17.0 Å². The first kappa shape index (κ1) is 13.2. The zero-order valence-electron chi connectivity index (χ0n) is 11.4. The lowest BCUT2D eigenvalue weighted by Crippen LogP contribution is -1.92. The van der Waals surface area contributed by atoms with Crippen LogP contribution >= 0.6 is 0 Å². The van der Waals surface area contributed by atoms with Gasteiger partial charge in [0.15, 0.2) is 0 Å². The second-order valence-electron chi connectivity index (χ2n) is 4.75. The molecule has 0 bridgehead atoms. The van der Waals surface area contributed by atoms with Gasteiger partial charge in [0.2, 0.25) is 0 Å². The van der Waals surface area contributed by atoms with E-state index in [-0.39, 0.29) is 5.69 Å². The molecule has 0 atom stereocenters. The first-order valence-corrected chi connectivity index (χ1v) is 6.46. The zero-order chi connectivity index (χ0) is 14.8. The molecule has 4 nitrogen and oxygen atoms in total. The van der Waals surface area contributed by atoms with Gasteiger partial charge in [0, 0.05) is 24.5 Å². The van der Waals surface area contributed by atoms with Gasteiger partial charge in [0.1, 0.15) is 17.3 Å². The number of pyridine rings is 1. The number of hydrogen-bond acceptors (Lipinski definition) is 3. The minimum absolute atomic E-state index is 0.0969. The smallest absolute Gasteiger partial charge is 0.149 e. The summed E-state index contributed by atoms with van der Waals surface area (Å²) in [6.45, 7) is 2.00. The maximum absolute atomic E-state index is 13.4. The number of halogens is 1. The maximum Gasteiger partial charge on any atom is 0.149 e. The average molecular weight is 283 g/mol. The number of H-pyrrole nitrogens is 1. The number of benzene rings is 1. The van der Waals surface area contributed by atoms with Crippen molar-refractivity contribution >= 4 is 5.69 Å². The van der Waals surface area contributed by atoms with E-state index in [0.29, 0.717) is 11.5 Å². The molecule has 2 heterocycles. The Morgan fingerprint density at radius 3 is 2.67 bits per heavy atom. The number of aryl methyl sites for hydroxylation is 1. The Balaban J connectivity index is 1.87. The van der Waals surface area contributed by atoms with E-state index in [4.69, 9.17) is 10.5 Å². The lowest BCUT2D eigenvalue weighted by atomic mass is 10.2. The number of aromatic amines is 1. The van der Waals surface area contributed by atoms with E-state index < -0.39 is 5.82 Å². The minimum Gasteiger partial charge on any atom is -0.457 e. The van der Waals surface area contributed by atoms with Gasteiger partial charge in [0.05, 0.1) is 17.1 Å². The van der Waals surface area contributed by atoms with Crippen LogP contribution in [0.1, 0.15) is 5.56 Å². The van der Waals surface area contributed by atoms with Crippen molar-refractivity contribution in [3.8, 4) is 22.9 Å². The van der Waals surface area contributed by atoms with E-state index in [1.54, 1.807) is 24.4 Å². The molecule has 0 spiro atoms. The Morgan fingerprint density at radius 1 is 1.14 bits per heavy atom. The van der Waals surface area contributed by atoms with Crippen molar-refractivity contribution in [3.63, 3.8) is 0 Å². The molecule has 0 unspecified atom stereocenters. The number of nitrogens with one attached hydrogen (secondary N) is 1. The topological polar surface area (TPSA) is 63.9 Å². The number of ether oxygens (including phenoxy) is 1. The molecule has 3 aromatic rings. The molecule has 0 radical (unpaired) electrons. The fourth-order valence-corrected chi connectivity index (χ4v) is 1.98. The molecule has 0 aliphatic rings. The lowest BCUT2D eigenvalue weighted by molar-refractivity contribution is 0.477. The summed E-state index contributed by atoms with van der Waals surface area (Å²) in [6.07, 6.45) is 3.55. The van der Waals surface area contributed by atoms with Crippen molar-refractivity contribution in [1.29, 1.82) is 0 Å². The third-order valence-electron chi connectivity index (χ3n) is 3.04. The number of nitrogen functional groups attached to an aromatic ring is 1. The largest absolute Gasteiger partial charge is 0.457 e. The predicted molar refractivity (Wildman–Crippen MR) is 79.6 cm³/mol. The summed E-state index contributed by atoms with van der Waals surface area (Å²) in [4.78, 5) is 7.43. The number of nitrogens with two attached hydrogens (primary N) is 1. The van der Waals surface area contributed by atoms with Crippen LogP contribution in [0.3, 0.4) is 0 Å². The van der Waals surface area contributed by atoms with Gasteiger partial charge in [0.25, 0.3) is 0 Å². The highest BCUT2D eigenvalue weighted by Crippen LogP contribution is 2.27. The first-order valence-electron chi connectivity index (χ1n) is 6.46. The molecule has 106 valence electrons. The SMILES string of the molecule is Cc1c[nH]c(-c2cc(Oc3ccc(N)c(F)c3)ccn2)c1. The molecular formula is C16H14FN3O. The average Bonchev–Trinajstić information content (AvgIpc) is 2.90. The minimum atomic E-state index is -0.498. The molecule has 0 fully saturated rings. The van der Waals surface area contributed by atoms with E-state index in [2.05, 4.69) is 9.97 Å². The molecule has 3 rings (SSSR count). The van der Waals surface area contributed by atoms with Gasteiger partial charge >= 0.3 is 0 Å². The summed E-state index contributed by atoms with van der Waals surface area (Å²) in [5.74, 6) is 0.472. The van der Waals surface area contributed by atoms with Crippen LogP contribution < -0.4 is 10.5 Å². The quantitative estimate of drug-likeness (QED) is 0.716. The van der Waals surface area contributed by atoms with Crippen LogP contribution in [0.15, 0.2) is 48.8 Å². The van der Waals surface area contributed by atoms with Crippen molar-refractivity contribution in [1.82, 2.24) is 9.97 Å². The molecule has 2 aromatic heterocycles. The van der Waals surface area contributed by atoms with Gasteiger partial charge in [-0.25, -0.2) is 4.39 Å². The van der Waals surface area contributed by atoms with Crippen molar-refractivity contribution in [3.05, 3.63) is 60.2 Å². The molecule has 0 saturated heterocycles. The summed E-state index contributed by atoms with van der Waals surface area (Å²) in [5, 5.41) is 0. The summed E-state index contributed by atoms with van der Waals surface area (Å²) >= 11 is 0. The standard InChI is InChI=1S/C16H14FN3O/c1-10-6-15(20-9-10)16-8-12(4-5-19-16)21-11-2-3-14(18)13(17)7-11/h2-9,20H,18H2,1H3. The van der Waals surface area contributed by atoms with Crippen molar-refractivity contribution < 1.29 is 9.13 Å². The van der Waals surface area contributed by atoms with E-state index in [9.17, 15) is 4.39 Å². The predicted octanol–water partition coefficient (Wildman–Crippen LogP) is 3.90. The fraction of sp³-hybridized carbons (Fsp3) is 0.0625. The van der Waals surface area contributed by atoms with Gasteiger partial charge in [-0.3, -0.25) is 4.98 Å². The van der Waals surface area contributed by atoms with Gasteiger partial charge < -0.3 is 15.5 Å². The second kappa shape index (κ2) is 5.28. The summed E-state index contributed by atoms with van der Waals surface area (Å²) < 4.78 is 19.0. The highest BCUT2D eigenvalue weighted by molar-refractivity contribution is 5.57. The molecule has 5 heteroatoms. The van der Waals surface area contributed by atoms with Gasteiger partial charge in [-0.2, -0.15) is 0 Å². The molecule has 21 heavy (non-hydrogen) atoms. The number of aromatic nitrogens is 2. The summed E-state index contributed by atoms with van der Waals surface area (Å²) in [7, 11) is 0. The first-order chi connectivity index (χ1) is 10.1. The Kier molecular flexibility index (Phi) is 3.31. The van der Waals surface area contributed by atoms with Crippen LogP contribution in [-0.4, -0.2) is 9.97 Å². The highest BCUT2D eigenvalue weighted by atomic mass is 19.1. The Hall–Kier alpha value is -2.82. The summed E-state index contributed by atoms with van der Waals surface area (Å²) in [5.41, 5.74) is 8.33. The summed E-state index contributed by atoms with van der Waals surface area (Å²) in [6, 6.07) is 9.86. The van der Waals surface area contributed by atoms with Crippen LogP contribution in [0, 0.1) is 12.7 Å². The molecule has 1 aromatic carbocycles. The Bertz CT molecular complexity index is 783. The van der Waals surface area contributed by atoms with E-state index >= 15 is 0 Å².